The van der Waals surface area contributed by atoms with Gasteiger partial charge in [0.05, 0.1) is 7.11 Å². The Morgan fingerprint density at radius 3 is 2.87 bits per heavy atom. The molecule has 1 atom stereocenters. The molecule has 5 heteroatoms. The summed E-state index contributed by atoms with van der Waals surface area (Å²) in [5.74, 6) is 0.161. The quantitative estimate of drug-likeness (QED) is 0.467. The van der Waals surface area contributed by atoms with Gasteiger partial charge in [-0.25, -0.2) is 4.79 Å². The number of carbonyl (C=O) groups excluding carboxylic acids is 1. The summed E-state index contributed by atoms with van der Waals surface area (Å²) < 4.78 is 10.1. The number of benzene rings is 1. The van der Waals surface area contributed by atoms with E-state index in [0.29, 0.717) is 24.5 Å². The number of carbonyl (C=O) groups is 1. The molecule has 0 fully saturated rings. The third kappa shape index (κ3) is 3.50. The highest BCUT2D eigenvalue weighted by molar-refractivity contribution is 7.13. The lowest BCUT2D eigenvalue weighted by molar-refractivity contribution is 0.0596. The van der Waals surface area contributed by atoms with E-state index in [4.69, 9.17) is 4.74 Å². The molecule has 1 aromatic carbocycles. The Morgan fingerprint density at radius 2 is 2.20 bits per heavy atom. The molecule has 0 radical (unpaired) electrons. The summed E-state index contributed by atoms with van der Waals surface area (Å²) in [4.78, 5) is 11.3. The Labute approximate surface area is 91.2 Å². The van der Waals surface area contributed by atoms with Crippen LogP contribution in [0.3, 0.4) is 0 Å². The first kappa shape index (κ1) is 12.0. The zero-order valence-electron chi connectivity index (χ0n) is 8.53. The molecule has 1 aromatic rings. The van der Waals surface area contributed by atoms with E-state index in [1.54, 1.807) is 18.2 Å². The van der Waals surface area contributed by atoms with Gasteiger partial charge in [0.2, 0.25) is 0 Å². The van der Waals surface area contributed by atoms with Crippen molar-refractivity contribution in [1.82, 2.24) is 5.09 Å². The molecule has 0 heterocycles. The maximum absolute atomic E-state index is 11.3. The minimum absolute atomic E-state index is 0.385. The van der Waals surface area contributed by atoms with E-state index in [1.165, 1.54) is 7.11 Å². The van der Waals surface area contributed by atoms with Gasteiger partial charge in [-0.15, -0.1) is 0 Å². The predicted octanol–water partition coefficient (Wildman–Crippen LogP) is 1.23. The first-order valence-electron chi connectivity index (χ1n) is 4.53. The summed E-state index contributed by atoms with van der Waals surface area (Å²) in [6.07, 6.45) is 0. The maximum atomic E-state index is 11.3. The zero-order chi connectivity index (χ0) is 11.1. The van der Waals surface area contributed by atoms with Gasteiger partial charge in [0, 0.05) is 6.54 Å². The third-order valence-corrected chi connectivity index (χ3v) is 2.09. The molecular weight excluding hydrogens is 213 g/mol. The second-order valence-electron chi connectivity index (χ2n) is 2.79. The van der Waals surface area contributed by atoms with E-state index in [2.05, 4.69) is 19.2 Å². The summed E-state index contributed by atoms with van der Waals surface area (Å²) in [5.41, 5.74) is 0.448. The Hall–Kier alpha value is -1.12. The van der Waals surface area contributed by atoms with Crippen LogP contribution in [-0.2, 0) is 4.74 Å². The van der Waals surface area contributed by atoms with Gasteiger partial charge in [0.15, 0.2) is 0 Å². The summed E-state index contributed by atoms with van der Waals surface area (Å²) in [6, 6.07) is 7.01. The van der Waals surface area contributed by atoms with Crippen LogP contribution in [-0.4, -0.2) is 26.2 Å². The van der Waals surface area contributed by atoms with Crippen LogP contribution in [0.5, 0.6) is 5.75 Å². The molecule has 4 nitrogen and oxygen atoms in total. The number of hydrogen-bond donors (Lipinski definition) is 1. The van der Waals surface area contributed by atoms with Crippen molar-refractivity contribution < 1.29 is 14.3 Å². The maximum Gasteiger partial charge on any atom is 0.341 e. The van der Waals surface area contributed by atoms with Crippen LogP contribution in [0.4, 0.5) is 0 Å². The van der Waals surface area contributed by atoms with Gasteiger partial charge < -0.3 is 9.47 Å². The SMILES string of the molecule is COC(=O)c1ccccc1OCCNP. The molecule has 0 saturated heterocycles. The summed E-state index contributed by atoms with van der Waals surface area (Å²) in [5, 5.41) is 2.88. The van der Waals surface area contributed by atoms with Crippen molar-refractivity contribution in [3.05, 3.63) is 29.8 Å². The molecule has 0 aliphatic rings. The highest BCUT2D eigenvalue weighted by Crippen LogP contribution is 2.18. The van der Waals surface area contributed by atoms with Gasteiger partial charge in [-0.05, 0) is 12.1 Å². The molecule has 1 unspecified atom stereocenters. The number of rotatable bonds is 5. The lowest BCUT2D eigenvalue weighted by atomic mass is 10.2. The molecule has 1 N–H and O–H groups in total. The van der Waals surface area contributed by atoms with Crippen LogP contribution < -0.4 is 9.82 Å². The molecular formula is C10H14NO3P. The van der Waals surface area contributed by atoms with Crippen molar-refractivity contribution in [3.63, 3.8) is 0 Å². The van der Waals surface area contributed by atoms with E-state index in [-0.39, 0.29) is 5.97 Å². The summed E-state index contributed by atoms with van der Waals surface area (Å²) in [6.45, 7) is 1.19. The molecule has 0 bridgehead atoms. The largest absolute Gasteiger partial charge is 0.491 e. The van der Waals surface area contributed by atoms with Gasteiger partial charge in [0.25, 0.3) is 0 Å². The van der Waals surface area contributed by atoms with Crippen molar-refractivity contribution >= 4 is 15.4 Å². The van der Waals surface area contributed by atoms with Crippen molar-refractivity contribution in [1.29, 1.82) is 0 Å². The predicted molar refractivity (Wildman–Crippen MR) is 61.0 cm³/mol. The van der Waals surface area contributed by atoms with Crippen LogP contribution >= 0.6 is 9.39 Å². The molecule has 0 amide bonds. The zero-order valence-corrected chi connectivity index (χ0v) is 9.68. The number of hydrogen-bond acceptors (Lipinski definition) is 4. The van der Waals surface area contributed by atoms with Crippen LogP contribution in [0.2, 0.25) is 0 Å². The second kappa shape index (κ2) is 6.38. The minimum Gasteiger partial charge on any atom is -0.491 e. The standard InChI is InChI=1S/C10H14NO3P/c1-13-10(12)8-4-2-3-5-9(8)14-7-6-11-15/h2-5,11H,6-7,15H2,1H3. The molecule has 0 aromatic heterocycles. The van der Waals surface area contributed by atoms with Crippen molar-refractivity contribution in [2.75, 3.05) is 20.3 Å². The average molecular weight is 227 g/mol. The monoisotopic (exact) mass is 227 g/mol. The van der Waals surface area contributed by atoms with Crippen LogP contribution in [0.1, 0.15) is 10.4 Å². The number of para-hydroxylation sites is 1. The van der Waals surface area contributed by atoms with Crippen LogP contribution in [0.15, 0.2) is 24.3 Å². The summed E-state index contributed by atoms with van der Waals surface area (Å²) in [7, 11) is 3.74. The van der Waals surface area contributed by atoms with E-state index in [0.717, 1.165) is 0 Å². The molecule has 82 valence electrons. The number of ether oxygens (including phenoxy) is 2. The lowest BCUT2D eigenvalue weighted by Gasteiger charge is -2.09. The number of nitrogens with one attached hydrogen (secondary N) is 1. The highest BCUT2D eigenvalue weighted by atomic mass is 31.0. The lowest BCUT2D eigenvalue weighted by Crippen LogP contribution is -2.13. The van der Waals surface area contributed by atoms with Gasteiger partial charge in [-0.3, -0.25) is 5.09 Å². The Morgan fingerprint density at radius 1 is 1.47 bits per heavy atom. The average Bonchev–Trinajstić information content (AvgIpc) is 2.29. The first-order valence-corrected chi connectivity index (χ1v) is 5.11. The fourth-order valence-electron chi connectivity index (χ4n) is 1.09. The Kier molecular flexibility index (Phi) is 5.08. The van der Waals surface area contributed by atoms with Gasteiger partial charge >= 0.3 is 5.97 Å². The topological polar surface area (TPSA) is 47.6 Å². The molecule has 0 aliphatic carbocycles. The van der Waals surface area contributed by atoms with Crippen LogP contribution in [0, 0.1) is 0 Å². The smallest absolute Gasteiger partial charge is 0.341 e. The first-order chi connectivity index (χ1) is 7.29. The molecule has 0 spiro atoms. The number of methoxy groups -OCH3 is 1. The number of esters is 1. The molecule has 0 saturated carbocycles. The Bertz CT molecular complexity index is 330. The Balaban J connectivity index is 2.73. The highest BCUT2D eigenvalue weighted by Gasteiger charge is 2.11. The van der Waals surface area contributed by atoms with Crippen molar-refractivity contribution in [2.24, 2.45) is 0 Å². The fraction of sp³-hybridized carbons (Fsp3) is 0.300. The van der Waals surface area contributed by atoms with Gasteiger partial charge in [-0.2, -0.15) is 0 Å². The van der Waals surface area contributed by atoms with E-state index in [9.17, 15) is 4.79 Å². The van der Waals surface area contributed by atoms with E-state index in [1.807, 2.05) is 6.07 Å². The molecule has 15 heavy (non-hydrogen) atoms. The second-order valence-corrected chi connectivity index (χ2v) is 3.20. The molecule has 0 aliphatic heterocycles. The van der Waals surface area contributed by atoms with Gasteiger partial charge in [-0.1, -0.05) is 21.5 Å². The van der Waals surface area contributed by atoms with Gasteiger partial charge in [0.1, 0.15) is 17.9 Å². The summed E-state index contributed by atoms with van der Waals surface area (Å²) >= 11 is 0. The molecule has 1 rings (SSSR count). The van der Waals surface area contributed by atoms with Crippen molar-refractivity contribution in [3.8, 4) is 5.75 Å². The van der Waals surface area contributed by atoms with Crippen LogP contribution in [0.25, 0.3) is 0 Å². The fourth-order valence-corrected chi connectivity index (χ4v) is 1.21. The minimum atomic E-state index is -0.385. The van der Waals surface area contributed by atoms with E-state index >= 15 is 0 Å². The normalized spacial score (nSPS) is 9.73. The van der Waals surface area contributed by atoms with E-state index < -0.39 is 0 Å². The third-order valence-electron chi connectivity index (χ3n) is 1.80. The van der Waals surface area contributed by atoms with Crippen molar-refractivity contribution in [2.45, 2.75) is 0 Å².